The molecule has 0 aromatic carbocycles. The summed E-state index contributed by atoms with van der Waals surface area (Å²) in [5, 5.41) is 1.07. The van der Waals surface area contributed by atoms with Gasteiger partial charge in [0.1, 0.15) is 5.82 Å². The Labute approximate surface area is 117 Å². The third-order valence-corrected chi connectivity index (χ3v) is 4.39. The van der Waals surface area contributed by atoms with Crippen LogP contribution in [0.25, 0.3) is 0 Å². The zero-order valence-electron chi connectivity index (χ0n) is 11.1. The number of rotatable bonds is 3. The molecular formula is C14H18N4S. The van der Waals surface area contributed by atoms with Crippen LogP contribution in [-0.2, 0) is 6.42 Å². The van der Waals surface area contributed by atoms with Crippen LogP contribution < -0.4 is 4.90 Å². The summed E-state index contributed by atoms with van der Waals surface area (Å²) in [5.41, 5.74) is 1.20. The first-order chi connectivity index (χ1) is 9.36. The molecule has 0 saturated carbocycles. The summed E-state index contributed by atoms with van der Waals surface area (Å²) in [6, 6.07) is 6.18. The summed E-state index contributed by atoms with van der Waals surface area (Å²) in [4.78, 5) is 11.4. The predicted molar refractivity (Wildman–Crippen MR) is 77.7 cm³/mol. The topological polar surface area (TPSA) is 41.9 Å². The Hall–Kier alpha value is -1.49. The van der Waals surface area contributed by atoms with Crippen molar-refractivity contribution >= 4 is 16.7 Å². The lowest BCUT2D eigenvalue weighted by atomic mass is 9.94. The maximum Gasteiger partial charge on any atom is 0.205 e. The van der Waals surface area contributed by atoms with Gasteiger partial charge in [-0.25, -0.2) is 4.98 Å². The summed E-state index contributed by atoms with van der Waals surface area (Å²) >= 11 is 1.52. The summed E-state index contributed by atoms with van der Waals surface area (Å²) in [7, 11) is 0. The van der Waals surface area contributed by atoms with Gasteiger partial charge in [-0.15, -0.1) is 0 Å². The zero-order valence-corrected chi connectivity index (χ0v) is 11.9. The Morgan fingerprint density at radius 1 is 1.42 bits per heavy atom. The number of hydrogen-bond acceptors (Lipinski definition) is 5. The quantitative estimate of drug-likeness (QED) is 0.863. The molecule has 4 nitrogen and oxygen atoms in total. The highest BCUT2D eigenvalue weighted by Gasteiger charge is 2.24. The maximum absolute atomic E-state index is 4.59. The molecule has 0 radical (unpaired) electrons. The van der Waals surface area contributed by atoms with E-state index in [9.17, 15) is 0 Å². The molecule has 19 heavy (non-hydrogen) atoms. The fourth-order valence-corrected chi connectivity index (χ4v) is 3.31. The van der Waals surface area contributed by atoms with E-state index in [0.29, 0.717) is 5.92 Å². The third-order valence-electron chi connectivity index (χ3n) is 3.57. The lowest BCUT2D eigenvalue weighted by Crippen LogP contribution is -2.34. The molecule has 0 spiro atoms. The molecule has 1 fully saturated rings. The molecule has 1 saturated heterocycles. The highest BCUT2D eigenvalue weighted by molar-refractivity contribution is 7.09. The van der Waals surface area contributed by atoms with Crippen LogP contribution in [0.5, 0.6) is 0 Å². The highest BCUT2D eigenvalue weighted by atomic mass is 32.1. The standard InChI is InChI=1S/C14H18N4S/c1-2-13-16-14(19-17-13)18-9-5-6-11(10-18)12-7-3-4-8-15-12/h3-4,7-8,11H,2,5-6,9-10H2,1H3. The number of hydrogen-bond donors (Lipinski definition) is 0. The van der Waals surface area contributed by atoms with Gasteiger partial charge in [-0.3, -0.25) is 4.98 Å². The average Bonchev–Trinajstić information content (AvgIpc) is 2.97. The molecule has 3 heterocycles. The molecular weight excluding hydrogens is 256 g/mol. The number of piperidine rings is 1. The second kappa shape index (κ2) is 5.65. The second-order valence-corrected chi connectivity index (χ2v) is 5.62. The van der Waals surface area contributed by atoms with Gasteiger partial charge < -0.3 is 4.90 Å². The Balaban J connectivity index is 1.74. The zero-order chi connectivity index (χ0) is 13.1. The molecule has 1 aliphatic heterocycles. The van der Waals surface area contributed by atoms with Crippen molar-refractivity contribution in [3.8, 4) is 0 Å². The number of aryl methyl sites for hydroxylation is 1. The molecule has 0 aliphatic carbocycles. The number of anilines is 1. The van der Waals surface area contributed by atoms with Crippen LogP contribution in [0.2, 0.25) is 0 Å². The minimum atomic E-state index is 0.518. The van der Waals surface area contributed by atoms with Crippen molar-refractivity contribution < 1.29 is 0 Å². The van der Waals surface area contributed by atoms with E-state index in [4.69, 9.17) is 0 Å². The van der Waals surface area contributed by atoms with E-state index in [1.54, 1.807) is 0 Å². The molecule has 2 aromatic rings. The van der Waals surface area contributed by atoms with Crippen molar-refractivity contribution in [3.63, 3.8) is 0 Å². The Kier molecular flexibility index (Phi) is 3.73. The van der Waals surface area contributed by atoms with E-state index in [2.05, 4.69) is 38.3 Å². The van der Waals surface area contributed by atoms with Crippen molar-refractivity contribution in [2.45, 2.75) is 32.1 Å². The van der Waals surface area contributed by atoms with Crippen molar-refractivity contribution in [1.29, 1.82) is 0 Å². The number of nitrogens with zero attached hydrogens (tertiary/aromatic N) is 4. The Morgan fingerprint density at radius 2 is 2.37 bits per heavy atom. The van der Waals surface area contributed by atoms with Crippen LogP contribution in [0.15, 0.2) is 24.4 Å². The van der Waals surface area contributed by atoms with Crippen molar-refractivity contribution in [2.75, 3.05) is 18.0 Å². The average molecular weight is 274 g/mol. The van der Waals surface area contributed by atoms with Crippen LogP contribution >= 0.6 is 11.5 Å². The fourth-order valence-electron chi connectivity index (χ4n) is 2.53. The normalized spacial score (nSPS) is 19.6. The second-order valence-electron chi connectivity index (χ2n) is 4.89. The minimum Gasteiger partial charge on any atom is -0.346 e. The predicted octanol–water partition coefficient (Wildman–Crippen LogP) is 2.88. The molecule has 0 bridgehead atoms. The van der Waals surface area contributed by atoms with E-state index in [1.165, 1.54) is 30.1 Å². The van der Waals surface area contributed by atoms with Gasteiger partial charge >= 0.3 is 0 Å². The summed E-state index contributed by atoms with van der Waals surface area (Å²) in [6.07, 6.45) is 5.21. The van der Waals surface area contributed by atoms with E-state index >= 15 is 0 Å². The molecule has 1 aliphatic rings. The van der Waals surface area contributed by atoms with Gasteiger partial charge in [0, 0.05) is 48.9 Å². The summed E-state index contributed by atoms with van der Waals surface area (Å²) in [6.45, 7) is 4.19. The molecule has 0 amide bonds. The molecule has 2 aromatic heterocycles. The van der Waals surface area contributed by atoms with Crippen molar-refractivity contribution in [2.24, 2.45) is 0 Å². The van der Waals surface area contributed by atoms with Crippen LogP contribution in [0, 0.1) is 0 Å². The Morgan fingerprint density at radius 3 is 3.11 bits per heavy atom. The highest BCUT2D eigenvalue weighted by Crippen LogP contribution is 2.29. The molecule has 100 valence electrons. The lowest BCUT2D eigenvalue weighted by molar-refractivity contribution is 0.501. The van der Waals surface area contributed by atoms with Gasteiger partial charge in [-0.2, -0.15) is 4.37 Å². The summed E-state index contributed by atoms with van der Waals surface area (Å²) < 4.78 is 4.38. The SMILES string of the molecule is CCc1nsc(N2CCCC(c3ccccn3)C2)n1. The first-order valence-electron chi connectivity index (χ1n) is 6.85. The third kappa shape index (κ3) is 2.76. The van der Waals surface area contributed by atoms with Crippen LogP contribution in [0.1, 0.15) is 37.2 Å². The van der Waals surface area contributed by atoms with Gasteiger partial charge in [0.25, 0.3) is 0 Å². The van der Waals surface area contributed by atoms with Crippen LogP contribution in [0.3, 0.4) is 0 Å². The van der Waals surface area contributed by atoms with Crippen LogP contribution in [0.4, 0.5) is 5.13 Å². The van der Waals surface area contributed by atoms with Crippen molar-refractivity contribution in [3.05, 3.63) is 35.9 Å². The maximum atomic E-state index is 4.59. The number of pyridine rings is 1. The molecule has 5 heteroatoms. The van der Waals surface area contributed by atoms with E-state index in [0.717, 1.165) is 30.5 Å². The lowest BCUT2D eigenvalue weighted by Gasteiger charge is -2.31. The number of aromatic nitrogens is 3. The van der Waals surface area contributed by atoms with E-state index < -0.39 is 0 Å². The smallest absolute Gasteiger partial charge is 0.205 e. The van der Waals surface area contributed by atoms with E-state index in [-0.39, 0.29) is 0 Å². The van der Waals surface area contributed by atoms with Crippen LogP contribution in [-0.4, -0.2) is 27.4 Å². The van der Waals surface area contributed by atoms with E-state index in [1.807, 2.05) is 12.3 Å². The monoisotopic (exact) mass is 274 g/mol. The molecule has 1 atom stereocenters. The van der Waals surface area contributed by atoms with Gasteiger partial charge in [0.2, 0.25) is 5.13 Å². The van der Waals surface area contributed by atoms with Gasteiger partial charge in [0.05, 0.1) is 0 Å². The van der Waals surface area contributed by atoms with Crippen molar-refractivity contribution in [1.82, 2.24) is 14.3 Å². The van der Waals surface area contributed by atoms with Gasteiger partial charge in [-0.1, -0.05) is 13.0 Å². The molecule has 3 rings (SSSR count). The molecule has 1 unspecified atom stereocenters. The van der Waals surface area contributed by atoms with Gasteiger partial charge in [-0.05, 0) is 25.0 Å². The molecule has 0 N–H and O–H groups in total. The Bertz CT molecular complexity index is 525. The summed E-state index contributed by atoms with van der Waals surface area (Å²) in [5.74, 6) is 1.48. The first kappa shape index (κ1) is 12.5. The van der Waals surface area contributed by atoms with Gasteiger partial charge in [0.15, 0.2) is 0 Å². The largest absolute Gasteiger partial charge is 0.346 e. The minimum absolute atomic E-state index is 0.518. The first-order valence-corrected chi connectivity index (χ1v) is 7.62. The fraction of sp³-hybridized carbons (Fsp3) is 0.500.